The molecular weight excluding hydrogens is 360 g/mol. The van der Waals surface area contributed by atoms with Crippen LogP contribution in [-0.4, -0.2) is 18.8 Å². The molecule has 0 aromatic heterocycles. The molecule has 0 aliphatic rings. The Balaban J connectivity index is 2.36. The monoisotopic (exact) mass is 370 g/mol. The van der Waals surface area contributed by atoms with Gasteiger partial charge in [-0.25, -0.2) is 0 Å². The molecule has 10 nitrogen and oxygen atoms in total. The molecule has 2 rings (SSSR count). The van der Waals surface area contributed by atoms with E-state index in [0.717, 1.165) is 18.2 Å². The van der Waals surface area contributed by atoms with Gasteiger partial charge in [-0.1, -0.05) is 46.6 Å². The number of hydrogen-bond acceptors (Lipinski definition) is 5. The van der Waals surface area contributed by atoms with Gasteiger partial charge in [-0.2, -0.15) is 8.42 Å². The van der Waals surface area contributed by atoms with E-state index in [0.29, 0.717) is 11.3 Å². The molecule has 0 spiro atoms. The van der Waals surface area contributed by atoms with Gasteiger partial charge in [-0.05, 0) is 34.8 Å². The van der Waals surface area contributed by atoms with Crippen LogP contribution < -0.4 is 0 Å². The average Bonchev–Trinajstić information content (AvgIpc) is 2.60. The molecule has 0 bridgehead atoms. The van der Waals surface area contributed by atoms with E-state index in [1.54, 1.807) is 24.3 Å². The molecule has 0 radical (unpaired) electrons. The fraction of sp³-hybridized carbons (Fsp3) is 0. The molecule has 0 saturated heterocycles. The van der Waals surface area contributed by atoms with Crippen molar-refractivity contribution in [2.24, 2.45) is 10.2 Å². The minimum atomic E-state index is -4.70. The van der Waals surface area contributed by atoms with E-state index in [4.69, 9.17) is 11.1 Å². The number of allylic oxidation sites excluding steroid dienone is 1. The quantitative estimate of drug-likeness (QED) is 0.194. The lowest BCUT2D eigenvalue weighted by Gasteiger charge is -2.05. The number of ketones is 1. The molecule has 2 aromatic rings. The summed E-state index contributed by atoms with van der Waals surface area (Å²) in [6, 6.07) is 9.59. The van der Waals surface area contributed by atoms with E-state index >= 15 is 0 Å². The number of azide groups is 2. The zero-order valence-electron chi connectivity index (χ0n) is 13.0. The predicted molar refractivity (Wildman–Crippen MR) is 93.7 cm³/mol. The summed E-state index contributed by atoms with van der Waals surface area (Å²) in [6.07, 6.45) is 2.55. The van der Waals surface area contributed by atoms with E-state index in [1.165, 1.54) is 12.1 Å². The van der Waals surface area contributed by atoms with Crippen LogP contribution in [0.4, 0.5) is 11.4 Å². The highest BCUT2D eigenvalue weighted by Gasteiger charge is 2.19. The largest absolute Gasteiger partial charge is 0.295 e. The van der Waals surface area contributed by atoms with Gasteiger partial charge in [0.2, 0.25) is 0 Å². The van der Waals surface area contributed by atoms with Crippen molar-refractivity contribution < 1.29 is 17.8 Å². The topological polar surface area (TPSA) is 169 Å². The Morgan fingerprint density at radius 1 is 1.00 bits per heavy atom. The summed E-state index contributed by atoms with van der Waals surface area (Å²) in [6.45, 7) is 0. The van der Waals surface area contributed by atoms with Crippen LogP contribution in [0.25, 0.3) is 27.0 Å². The summed E-state index contributed by atoms with van der Waals surface area (Å²) in [5.41, 5.74) is 17.4. The van der Waals surface area contributed by atoms with Crippen molar-refractivity contribution in [3.05, 3.63) is 80.6 Å². The Bertz CT molecular complexity index is 1080. The maximum absolute atomic E-state index is 12.3. The minimum Gasteiger partial charge on any atom is -0.289 e. The van der Waals surface area contributed by atoms with Gasteiger partial charge in [-0.15, -0.1) is 0 Å². The third-order valence-corrected chi connectivity index (χ3v) is 4.04. The van der Waals surface area contributed by atoms with Crippen molar-refractivity contribution in [2.45, 2.75) is 4.90 Å². The number of hydrogen-bond donors (Lipinski definition) is 1. The van der Waals surface area contributed by atoms with E-state index in [9.17, 15) is 17.8 Å². The number of carbonyl (C=O) groups is 1. The predicted octanol–water partition coefficient (Wildman–Crippen LogP) is 4.71. The lowest BCUT2D eigenvalue weighted by atomic mass is 10.1. The van der Waals surface area contributed by atoms with Crippen LogP contribution in [0, 0.1) is 0 Å². The summed E-state index contributed by atoms with van der Waals surface area (Å²) >= 11 is 0. The highest BCUT2D eigenvalue weighted by Crippen LogP contribution is 2.24. The first kappa shape index (κ1) is 18.7. The lowest BCUT2D eigenvalue weighted by Crippen LogP contribution is -2.06. The van der Waals surface area contributed by atoms with Gasteiger partial charge < -0.3 is 0 Å². The standard InChI is InChI=1S/C15H10N6O4S/c16-20-18-11-4-1-10(2-5-11)3-8-14(22)13-7-6-12(19-21-17)9-15(13)26(23,24)25/h1-9H,(H,23,24,25)/b8-3+. The lowest BCUT2D eigenvalue weighted by molar-refractivity contribution is 0.104. The first-order valence-corrected chi connectivity index (χ1v) is 8.33. The van der Waals surface area contributed by atoms with Crippen LogP contribution in [0.15, 0.2) is 63.7 Å². The minimum absolute atomic E-state index is 0.0608. The van der Waals surface area contributed by atoms with Crippen molar-refractivity contribution in [3.63, 3.8) is 0 Å². The number of carbonyl (C=O) groups excluding carboxylic acids is 1. The van der Waals surface area contributed by atoms with Crippen molar-refractivity contribution >= 4 is 33.4 Å². The van der Waals surface area contributed by atoms with Crippen molar-refractivity contribution in [3.8, 4) is 0 Å². The Labute approximate surface area is 147 Å². The molecular formula is C15H10N6O4S. The van der Waals surface area contributed by atoms with Gasteiger partial charge >= 0.3 is 0 Å². The molecule has 0 unspecified atom stereocenters. The molecule has 130 valence electrons. The van der Waals surface area contributed by atoms with Crippen LogP contribution in [0.3, 0.4) is 0 Å². The van der Waals surface area contributed by atoms with Gasteiger partial charge in [0.25, 0.3) is 10.1 Å². The third-order valence-electron chi connectivity index (χ3n) is 3.15. The van der Waals surface area contributed by atoms with Crippen molar-refractivity contribution in [2.75, 3.05) is 0 Å². The number of nitrogens with zero attached hydrogens (tertiary/aromatic N) is 6. The van der Waals surface area contributed by atoms with Gasteiger partial charge in [0.05, 0.1) is 0 Å². The second kappa shape index (κ2) is 7.97. The van der Waals surface area contributed by atoms with Crippen LogP contribution in [0.2, 0.25) is 0 Å². The fourth-order valence-electron chi connectivity index (χ4n) is 2.01. The number of benzene rings is 2. The zero-order chi connectivity index (χ0) is 19.2. The fourth-order valence-corrected chi connectivity index (χ4v) is 2.72. The SMILES string of the molecule is [N-]=[N+]=Nc1ccc(/C=C/C(=O)c2ccc(N=[N+]=[N-])cc2S(=O)(=O)O)cc1. The van der Waals surface area contributed by atoms with Gasteiger partial charge in [0.15, 0.2) is 5.78 Å². The molecule has 0 aliphatic heterocycles. The van der Waals surface area contributed by atoms with E-state index in [2.05, 4.69) is 20.1 Å². The highest BCUT2D eigenvalue weighted by molar-refractivity contribution is 7.86. The molecule has 2 aromatic carbocycles. The molecule has 0 fully saturated rings. The molecule has 1 N–H and O–H groups in total. The molecule has 26 heavy (non-hydrogen) atoms. The summed E-state index contributed by atoms with van der Waals surface area (Å²) in [5, 5.41) is 6.65. The van der Waals surface area contributed by atoms with Crippen molar-refractivity contribution in [1.82, 2.24) is 0 Å². The molecule has 11 heteroatoms. The summed E-state index contributed by atoms with van der Waals surface area (Å²) < 4.78 is 32.3. The Morgan fingerprint density at radius 2 is 1.58 bits per heavy atom. The first-order valence-electron chi connectivity index (χ1n) is 6.89. The van der Waals surface area contributed by atoms with Crippen LogP contribution in [0.1, 0.15) is 15.9 Å². The summed E-state index contributed by atoms with van der Waals surface area (Å²) in [5.74, 6) is -0.677. The summed E-state index contributed by atoms with van der Waals surface area (Å²) in [7, 11) is -4.70. The maximum Gasteiger partial charge on any atom is 0.295 e. The van der Waals surface area contributed by atoms with Gasteiger partial charge in [0.1, 0.15) is 4.90 Å². The van der Waals surface area contributed by atoms with E-state index < -0.39 is 20.8 Å². The second-order valence-corrected chi connectivity index (χ2v) is 6.21. The van der Waals surface area contributed by atoms with Crippen molar-refractivity contribution in [1.29, 1.82) is 0 Å². The highest BCUT2D eigenvalue weighted by atomic mass is 32.2. The molecule has 0 atom stereocenters. The second-order valence-electron chi connectivity index (χ2n) is 4.82. The third kappa shape index (κ3) is 4.69. The zero-order valence-corrected chi connectivity index (χ0v) is 13.8. The Kier molecular flexibility index (Phi) is 5.74. The van der Waals surface area contributed by atoms with Gasteiger partial charge in [-0.3, -0.25) is 9.35 Å². The normalized spacial score (nSPS) is 10.8. The van der Waals surface area contributed by atoms with E-state index in [-0.39, 0.29) is 11.3 Å². The average molecular weight is 370 g/mol. The summed E-state index contributed by atoms with van der Waals surface area (Å²) in [4.78, 5) is 16.8. The Hall–Kier alpha value is -3.62. The van der Waals surface area contributed by atoms with Gasteiger partial charge in [0, 0.05) is 26.8 Å². The maximum atomic E-state index is 12.3. The van der Waals surface area contributed by atoms with Crippen LogP contribution in [0.5, 0.6) is 0 Å². The molecule has 0 heterocycles. The molecule has 0 amide bonds. The smallest absolute Gasteiger partial charge is 0.289 e. The van der Waals surface area contributed by atoms with Crippen LogP contribution >= 0.6 is 0 Å². The molecule has 0 saturated carbocycles. The molecule has 0 aliphatic carbocycles. The number of rotatable bonds is 6. The Morgan fingerprint density at radius 3 is 2.15 bits per heavy atom. The van der Waals surface area contributed by atoms with Crippen LogP contribution in [-0.2, 0) is 10.1 Å². The van der Waals surface area contributed by atoms with E-state index in [1.807, 2.05) is 0 Å². The first-order chi connectivity index (χ1) is 12.3.